The molecule has 0 spiro atoms. The molecule has 17 heavy (non-hydrogen) atoms. The summed E-state index contributed by atoms with van der Waals surface area (Å²) >= 11 is 0. The van der Waals surface area contributed by atoms with Gasteiger partial charge in [-0.05, 0) is 7.60 Å². The summed E-state index contributed by atoms with van der Waals surface area (Å²) in [7, 11) is -11.1. The first-order valence-corrected chi connectivity index (χ1v) is 6.69. The summed E-state index contributed by atoms with van der Waals surface area (Å²) in [5, 5.41) is 1.39. The van der Waals surface area contributed by atoms with Gasteiger partial charge in [0.05, 0.1) is 0 Å². The molecule has 0 aliphatic carbocycles. The third-order valence-electron chi connectivity index (χ3n) is 1.22. The van der Waals surface area contributed by atoms with Crippen molar-refractivity contribution in [2.45, 2.75) is 18.9 Å². The van der Waals surface area contributed by atoms with Crippen molar-refractivity contribution in [2.24, 2.45) is 0 Å². The zero-order valence-electron chi connectivity index (χ0n) is 10.1. The minimum Gasteiger partial charge on any atom is -0.809 e. The summed E-state index contributed by atoms with van der Waals surface area (Å²) in [5.74, 6) is -0.966. The fourth-order valence-corrected chi connectivity index (χ4v) is 2.62. The van der Waals surface area contributed by atoms with Gasteiger partial charge in [-0.3, -0.25) is 4.79 Å². The van der Waals surface area contributed by atoms with Crippen molar-refractivity contribution in [1.82, 2.24) is 5.32 Å². The number of nitrogens with one attached hydrogen (secondary N) is 1. The molecule has 0 aliphatic rings. The number of hydrogen-bond donors (Lipinski definition) is 2. The van der Waals surface area contributed by atoms with Crippen LogP contribution in [0, 0.1) is 0 Å². The maximum atomic E-state index is 10.6. The molecule has 0 radical (unpaired) electrons. The van der Waals surface area contributed by atoms with E-state index in [1.165, 1.54) is 12.2 Å². The molecule has 0 aromatic heterocycles. The Morgan fingerprint density at radius 2 is 1.59 bits per heavy atom. The van der Waals surface area contributed by atoms with Gasteiger partial charge in [0.15, 0.2) is 7.60 Å². The maximum absolute atomic E-state index is 10.6. The normalized spacial score (nSPS) is 15.1. The number of amides is 1. The van der Waals surface area contributed by atoms with Gasteiger partial charge in [-0.25, -0.2) is 0 Å². The summed E-state index contributed by atoms with van der Waals surface area (Å²) < 4.78 is 20.8. The van der Waals surface area contributed by atoms with E-state index in [1.54, 1.807) is 0 Å². The number of carbonyl (C=O) groups excluding carboxylic acids is 1. The topological polar surface area (TPSA) is 153 Å². The molecule has 0 aromatic carbocycles. The second-order valence-corrected chi connectivity index (χ2v) is 6.05. The summed E-state index contributed by atoms with van der Waals surface area (Å²) in [6.07, 6.45) is -0.212. The van der Waals surface area contributed by atoms with Crippen molar-refractivity contribution < 1.29 is 122 Å². The Morgan fingerprint density at radius 1 is 1.24 bits per heavy atom. The number of carbonyl (C=O) groups is 1. The van der Waals surface area contributed by atoms with Gasteiger partial charge in [-0.2, -0.15) is 0 Å². The van der Waals surface area contributed by atoms with Crippen LogP contribution >= 0.6 is 15.2 Å². The summed E-state index contributed by atoms with van der Waals surface area (Å²) in [6, 6.07) is 0. The molecule has 0 saturated heterocycles. The standard InChI is InChI=1S/C4H11NO7P2.3Na/c1-2-3(6)5-4(13(7,8)9)14(10,11)12;;;/h4H,2H2,1H3,(H,5,6)(H2,7,8,9)(H2,10,11,12);;;/q;3*+1/p-3. The predicted octanol–water partition coefficient (Wildman–Crippen LogP) is -11.7. The van der Waals surface area contributed by atoms with Crippen molar-refractivity contribution >= 4 is 21.1 Å². The van der Waals surface area contributed by atoms with Gasteiger partial charge in [-0.15, -0.1) is 0 Å². The van der Waals surface area contributed by atoms with Gasteiger partial charge in [0.2, 0.25) is 5.91 Å². The zero-order chi connectivity index (χ0) is 11.6. The third-order valence-corrected chi connectivity index (χ3v) is 4.42. The molecule has 0 fully saturated rings. The molecule has 13 heteroatoms. The molecule has 0 heterocycles. The first-order chi connectivity index (χ1) is 6.09. The van der Waals surface area contributed by atoms with Crippen LogP contribution in [0.4, 0.5) is 0 Å². The molecule has 0 aromatic rings. The fraction of sp³-hybridized carbons (Fsp3) is 0.750. The molecule has 0 saturated carbocycles. The van der Waals surface area contributed by atoms with E-state index in [0.29, 0.717) is 0 Å². The Kier molecular flexibility index (Phi) is 18.8. The van der Waals surface area contributed by atoms with Crippen molar-refractivity contribution in [3.05, 3.63) is 0 Å². The van der Waals surface area contributed by atoms with Gasteiger partial charge in [0, 0.05) is 6.42 Å². The van der Waals surface area contributed by atoms with Crippen LogP contribution in [-0.2, 0) is 13.9 Å². The molecule has 0 rings (SSSR count). The minimum atomic E-state index is -5.62. The van der Waals surface area contributed by atoms with E-state index in [-0.39, 0.29) is 95.1 Å². The average molecular weight is 313 g/mol. The summed E-state index contributed by atoms with van der Waals surface area (Å²) in [5.41, 5.74) is -2.79. The van der Waals surface area contributed by atoms with Gasteiger partial charge in [0.25, 0.3) is 0 Å². The van der Waals surface area contributed by atoms with Crippen molar-refractivity contribution in [3.63, 3.8) is 0 Å². The van der Waals surface area contributed by atoms with Crippen LogP contribution in [0.3, 0.4) is 0 Å². The van der Waals surface area contributed by atoms with Crippen LogP contribution in [0.25, 0.3) is 0 Å². The molecule has 2 N–H and O–H groups in total. The van der Waals surface area contributed by atoms with E-state index >= 15 is 0 Å². The Hall–Kier alpha value is 2.77. The van der Waals surface area contributed by atoms with E-state index in [4.69, 9.17) is 4.89 Å². The zero-order valence-corrected chi connectivity index (χ0v) is 17.9. The largest absolute Gasteiger partial charge is 1.00 e. The molecular formula is C4H8NNa3O7P2. The minimum absolute atomic E-state index is 0. The number of hydrogen-bond acceptors (Lipinski definition) is 6. The predicted molar refractivity (Wildman–Crippen MR) is 39.7 cm³/mol. The molecule has 8 nitrogen and oxygen atoms in total. The monoisotopic (exact) mass is 313 g/mol. The molecule has 0 bridgehead atoms. The van der Waals surface area contributed by atoms with Crippen molar-refractivity contribution in [3.8, 4) is 0 Å². The summed E-state index contributed by atoms with van der Waals surface area (Å²) in [6.45, 7) is 1.32. The van der Waals surface area contributed by atoms with E-state index in [0.717, 1.165) is 0 Å². The Labute approximate surface area is 165 Å². The third kappa shape index (κ3) is 12.2. The first-order valence-electron chi connectivity index (χ1n) is 3.43. The van der Waals surface area contributed by atoms with Gasteiger partial charge >= 0.3 is 88.7 Å². The molecule has 84 valence electrons. The van der Waals surface area contributed by atoms with Crippen molar-refractivity contribution in [1.29, 1.82) is 0 Å². The second kappa shape index (κ2) is 11.4. The fourth-order valence-electron chi connectivity index (χ4n) is 0.585. The van der Waals surface area contributed by atoms with E-state index in [2.05, 4.69) is 0 Å². The Morgan fingerprint density at radius 3 is 1.76 bits per heavy atom. The van der Waals surface area contributed by atoms with Gasteiger partial charge in [-0.1, -0.05) is 6.92 Å². The van der Waals surface area contributed by atoms with Crippen LogP contribution in [0.1, 0.15) is 13.3 Å². The Balaban J connectivity index is -0.000000282. The van der Waals surface area contributed by atoms with Crippen LogP contribution in [0.2, 0.25) is 0 Å². The first kappa shape index (κ1) is 28.0. The van der Waals surface area contributed by atoms with E-state index < -0.39 is 26.6 Å². The van der Waals surface area contributed by atoms with E-state index in [9.17, 15) is 28.6 Å². The van der Waals surface area contributed by atoms with Crippen molar-refractivity contribution in [2.75, 3.05) is 0 Å². The van der Waals surface area contributed by atoms with Crippen LogP contribution < -0.4 is 109 Å². The Bertz CT molecular complexity index is 292. The molecule has 2 unspecified atom stereocenters. The molecule has 1 amide bonds. The van der Waals surface area contributed by atoms with E-state index in [1.807, 2.05) is 0 Å². The van der Waals surface area contributed by atoms with Crippen LogP contribution in [-0.4, -0.2) is 16.3 Å². The smallest absolute Gasteiger partial charge is 0.809 e. The SMILES string of the molecule is CCC(=O)NC(P(=O)([O-])[O-])P(=O)([O-])O.[Na+].[Na+].[Na+]. The summed E-state index contributed by atoms with van der Waals surface area (Å²) in [4.78, 5) is 50.1. The number of rotatable bonds is 4. The van der Waals surface area contributed by atoms with Gasteiger partial charge < -0.3 is 34.0 Å². The quantitative estimate of drug-likeness (QED) is 0.386. The van der Waals surface area contributed by atoms with Crippen LogP contribution in [0.15, 0.2) is 0 Å². The second-order valence-electron chi connectivity index (χ2n) is 2.40. The average Bonchev–Trinajstić information content (AvgIpc) is 1.95. The van der Waals surface area contributed by atoms with Gasteiger partial charge in [0.1, 0.15) is 5.52 Å². The molecule has 0 aliphatic heterocycles. The van der Waals surface area contributed by atoms with Crippen LogP contribution in [0.5, 0.6) is 0 Å². The maximum Gasteiger partial charge on any atom is 1.00 e. The molecule has 2 atom stereocenters. The molecular weight excluding hydrogens is 305 g/mol.